The summed E-state index contributed by atoms with van der Waals surface area (Å²) in [5.74, 6) is 1.54. The van der Waals surface area contributed by atoms with Crippen molar-refractivity contribution in [1.82, 2.24) is 5.32 Å². The highest BCUT2D eigenvalue weighted by Crippen LogP contribution is 2.14. The molecule has 0 radical (unpaired) electrons. The third-order valence-corrected chi connectivity index (χ3v) is 4.39. The van der Waals surface area contributed by atoms with Crippen LogP contribution in [-0.4, -0.2) is 40.1 Å². The Morgan fingerprint density at radius 2 is 2.14 bits per heavy atom. The Balaban J connectivity index is 0.00000400. The van der Waals surface area contributed by atoms with E-state index in [4.69, 9.17) is 16.3 Å². The van der Waals surface area contributed by atoms with E-state index < -0.39 is 11.7 Å². The van der Waals surface area contributed by atoms with Crippen LogP contribution in [0.25, 0.3) is 0 Å². The highest BCUT2D eigenvalue weighted by atomic mass is 35.5. The molecule has 0 spiro atoms. The minimum Gasteiger partial charge on any atom is -1.00 e. The van der Waals surface area contributed by atoms with Gasteiger partial charge in [-0.15, -0.1) is 11.6 Å². The summed E-state index contributed by atoms with van der Waals surface area (Å²) in [4.78, 5) is 17.4. The number of aliphatic imine (C=N–C) groups is 1. The number of hydrogen-bond donors (Lipinski definition) is 1. The van der Waals surface area contributed by atoms with Crippen LogP contribution in [0.3, 0.4) is 0 Å². The summed E-state index contributed by atoms with van der Waals surface area (Å²) in [5.41, 5.74) is 0.466. The molecule has 0 aromatic heterocycles. The fraction of sp³-hybridized carbons (Fsp3) is 0.786. The Morgan fingerprint density at radius 1 is 1.52 bits per heavy atom. The number of ether oxygens (including phenoxy) is 1. The molecule has 0 bridgehead atoms. The fourth-order valence-electron chi connectivity index (χ4n) is 1.72. The zero-order valence-electron chi connectivity index (χ0n) is 13.2. The van der Waals surface area contributed by atoms with Gasteiger partial charge in [-0.3, -0.25) is 0 Å². The number of hydrogen-bond acceptors (Lipinski definition) is 3. The summed E-state index contributed by atoms with van der Waals surface area (Å²) < 4.78 is 5.33. The zero-order chi connectivity index (χ0) is 15.3. The van der Waals surface area contributed by atoms with Crippen molar-refractivity contribution in [2.24, 2.45) is 10.9 Å². The first-order valence-electron chi connectivity index (χ1n) is 6.88. The van der Waals surface area contributed by atoms with Crippen molar-refractivity contribution in [1.29, 1.82) is 0 Å². The monoisotopic (exact) mass is 354 g/mol. The number of nitrogens with one attached hydrogen (secondary N) is 1. The second-order valence-corrected chi connectivity index (χ2v) is 7.21. The number of halogens is 2. The smallest absolute Gasteiger partial charge is 0.408 e. The third-order valence-electron chi connectivity index (χ3n) is 2.96. The van der Waals surface area contributed by atoms with Crippen LogP contribution < -0.4 is 17.7 Å². The molecule has 122 valence electrons. The van der Waals surface area contributed by atoms with E-state index in [0.717, 1.165) is 22.9 Å². The largest absolute Gasteiger partial charge is 1.00 e. The van der Waals surface area contributed by atoms with Crippen LogP contribution in [0.2, 0.25) is 0 Å². The molecule has 0 unspecified atom stereocenters. The number of nitrogens with zero attached hydrogens (tertiary/aromatic N) is 1. The van der Waals surface area contributed by atoms with Gasteiger partial charge in [-0.1, -0.05) is 20.3 Å². The Morgan fingerprint density at radius 3 is 2.57 bits per heavy atom. The minimum atomic E-state index is -0.498. The Hall–Kier alpha value is -0.390. The Kier molecular flexibility index (Phi) is 8.74. The molecule has 0 fully saturated rings. The van der Waals surface area contributed by atoms with E-state index in [2.05, 4.69) is 24.2 Å². The lowest BCUT2D eigenvalue weighted by Gasteiger charge is -2.24. The molecule has 4 nitrogen and oxygen atoms in total. The standard InChI is InChI=1S/C14H23ClN2O2S.ClH/c1-6-9(2)11(12-16-10(7-15)8-20-12)17-13(18)19-14(3,4)5;/h9,11H,6-8H2,1-5H3;1H/t9-,11+;/m0./s1. The van der Waals surface area contributed by atoms with Crippen molar-refractivity contribution in [3.8, 4) is 0 Å². The molecule has 1 aliphatic heterocycles. The summed E-state index contributed by atoms with van der Waals surface area (Å²) in [7, 11) is 0. The van der Waals surface area contributed by atoms with Crippen LogP contribution in [0, 0.1) is 5.92 Å². The van der Waals surface area contributed by atoms with Crippen molar-refractivity contribution < 1.29 is 21.9 Å². The van der Waals surface area contributed by atoms with Gasteiger partial charge in [0.1, 0.15) is 11.6 Å². The van der Waals surface area contributed by atoms with Gasteiger partial charge in [0, 0.05) is 0 Å². The van der Waals surface area contributed by atoms with Crippen LogP contribution in [0.4, 0.5) is 4.79 Å². The number of carbonyl (C=O) groups excluding carboxylic acids is 1. The van der Waals surface area contributed by atoms with Crippen LogP contribution in [0.5, 0.6) is 0 Å². The first kappa shape index (κ1) is 20.6. The highest BCUT2D eigenvalue weighted by Gasteiger charge is 2.35. The first-order chi connectivity index (χ1) is 9.26. The summed E-state index contributed by atoms with van der Waals surface area (Å²) >= 11 is 7.46. The number of carbonyl (C=O) groups is 1. The SMILES string of the molecule is CC[C@H](C)[C@@H](NC(=O)OC(C)(C)C)C1=[S+]CC(CCl)=N1.[Cl-]. The molecule has 7 heteroatoms. The van der Waals surface area contributed by atoms with Gasteiger partial charge in [0.25, 0.3) is 0 Å². The molecule has 0 saturated heterocycles. The van der Waals surface area contributed by atoms with Crippen molar-refractivity contribution in [2.75, 3.05) is 11.6 Å². The number of rotatable bonds is 5. The molecule has 0 saturated carbocycles. The summed E-state index contributed by atoms with van der Waals surface area (Å²) in [6.07, 6.45) is 0.557. The van der Waals surface area contributed by atoms with E-state index in [-0.39, 0.29) is 18.4 Å². The number of alkyl halides is 1. The molecule has 1 aliphatic rings. The molecule has 21 heavy (non-hydrogen) atoms. The van der Waals surface area contributed by atoms with Gasteiger partial charge in [0.05, 0.1) is 11.6 Å². The lowest BCUT2D eigenvalue weighted by atomic mass is 9.99. The van der Waals surface area contributed by atoms with Gasteiger partial charge in [0.15, 0.2) is 0 Å². The van der Waals surface area contributed by atoms with E-state index in [9.17, 15) is 4.79 Å². The van der Waals surface area contributed by atoms with Gasteiger partial charge in [-0.25, -0.2) is 4.79 Å². The maximum Gasteiger partial charge on any atom is 0.408 e. The van der Waals surface area contributed by atoms with Gasteiger partial charge < -0.3 is 22.5 Å². The topological polar surface area (TPSA) is 50.7 Å². The predicted octanol–water partition coefficient (Wildman–Crippen LogP) is -0.164. The lowest BCUT2D eigenvalue weighted by molar-refractivity contribution is -0.0000268. The molecule has 0 aromatic carbocycles. The lowest BCUT2D eigenvalue weighted by Crippen LogP contribution is -3.00. The molecule has 1 rings (SSSR count). The van der Waals surface area contributed by atoms with Crippen molar-refractivity contribution in [2.45, 2.75) is 52.7 Å². The third kappa shape index (κ3) is 6.94. The van der Waals surface area contributed by atoms with Crippen molar-refractivity contribution in [3.05, 3.63) is 0 Å². The van der Waals surface area contributed by atoms with E-state index in [0.29, 0.717) is 11.8 Å². The predicted molar refractivity (Wildman–Crippen MR) is 88.0 cm³/mol. The summed E-state index contributed by atoms with van der Waals surface area (Å²) in [6, 6.07) is -0.111. The summed E-state index contributed by atoms with van der Waals surface area (Å²) in [6.45, 7) is 9.76. The van der Waals surface area contributed by atoms with Gasteiger partial charge >= 0.3 is 11.1 Å². The molecule has 1 heterocycles. The normalized spacial score (nSPS) is 17.2. The van der Waals surface area contributed by atoms with Crippen molar-refractivity contribution >= 4 is 39.7 Å². The molecule has 2 atom stereocenters. The van der Waals surface area contributed by atoms with Crippen LogP contribution >= 0.6 is 11.6 Å². The second-order valence-electron chi connectivity index (χ2n) is 5.95. The van der Waals surface area contributed by atoms with E-state index in [1.165, 1.54) is 0 Å². The van der Waals surface area contributed by atoms with E-state index in [1.807, 2.05) is 20.8 Å². The Labute approximate surface area is 142 Å². The van der Waals surface area contributed by atoms with Gasteiger partial charge in [-0.05, 0) is 26.7 Å². The molecule has 0 aromatic rings. The molecule has 1 N–H and O–H groups in total. The molecular weight excluding hydrogens is 331 g/mol. The Bertz CT molecular complexity index is 420. The first-order valence-corrected chi connectivity index (χ1v) is 8.40. The number of amides is 1. The fourth-order valence-corrected chi connectivity index (χ4v) is 3.13. The van der Waals surface area contributed by atoms with Crippen LogP contribution in [0.1, 0.15) is 41.0 Å². The van der Waals surface area contributed by atoms with Crippen LogP contribution in [-0.2, 0) is 16.1 Å². The molecular formula is C14H24Cl2N2O2S. The van der Waals surface area contributed by atoms with E-state index in [1.54, 1.807) is 11.4 Å². The van der Waals surface area contributed by atoms with Crippen LogP contribution in [0.15, 0.2) is 4.99 Å². The average Bonchev–Trinajstić information content (AvgIpc) is 2.81. The summed E-state index contributed by atoms with van der Waals surface area (Å²) in [5, 5.41) is 2.94. The molecule has 0 aliphatic carbocycles. The molecule has 1 amide bonds. The van der Waals surface area contributed by atoms with Gasteiger partial charge in [-0.2, -0.15) is 4.99 Å². The highest BCUT2D eigenvalue weighted by molar-refractivity contribution is 7.80. The maximum absolute atomic E-state index is 12.0. The van der Waals surface area contributed by atoms with Crippen molar-refractivity contribution in [3.63, 3.8) is 0 Å². The quantitative estimate of drug-likeness (QED) is 0.423. The van der Waals surface area contributed by atoms with Gasteiger partial charge in [0.2, 0.25) is 17.1 Å². The number of alkyl carbamates (subject to hydrolysis) is 1. The van der Waals surface area contributed by atoms with E-state index >= 15 is 0 Å². The second kappa shape index (κ2) is 8.91. The zero-order valence-corrected chi connectivity index (χ0v) is 15.5. The average molecular weight is 355 g/mol. The maximum atomic E-state index is 12.0. The minimum absolute atomic E-state index is 0.